The summed E-state index contributed by atoms with van der Waals surface area (Å²) in [5, 5.41) is 5.96. The zero-order valence-corrected chi connectivity index (χ0v) is 11.6. The maximum absolute atomic E-state index is 11.9. The maximum Gasteiger partial charge on any atom is 0.271 e. The second-order valence-electron chi connectivity index (χ2n) is 5.46. The second-order valence-corrected chi connectivity index (χ2v) is 5.46. The van der Waals surface area contributed by atoms with Crippen LogP contribution >= 0.6 is 0 Å². The predicted octanol–water partition coefficient (Wildman–Crippen LogP) is 2.07. The summed E-state index contributed by atoms with van der Waals surface area (Å²) in [5.74, 6) is 0.456. The van der Waals surface area contributed by atoms with E-state index in [9.17, 15) is 4.79 Å². The van der Waals surface area contributed by atoms with Crippen LogP contribution in [0.3, 0.4) is 0 Å². The molecule has 0 saturated carbocycles. The lowest BCUT2D eigenvalue weighted by Gasteiger charge is -2.18. The van der Waals surface area contributed by atoms with Crippen molar-refractivity contribution in [1.82, 2.24) is 15.3 Å². The van der Waals surface area contributed by atoms with E-state index in [2.05, 4.69) is 48.3 Å². The molecule has 2 N–H and O–H groups in total. The monoisotopic (exact) mass is 250 g/mol. The van der Waals surface area contributed by atoms with Crippen LogP contribution in [-0.2, 0) is 0 Å². The molecule has 0 aliphatic rings. The van der Waals surface area contributed by atoms with Crippen molar-refractivity contribution < 1.29 is 4.79 Å². The Bertz CT molecular complexity index is 398. The molecule has 5 heteroatoms. The van der Waals surface area contributed by atoms with E-state index in [1.807, 2.05) is 0 Å². The summed E-state index contributed by atoms with van der Waals surface area (Å²) in [7, 11) is 0. The van der Waals surface area contributed by atoms with E-state index in [1.54, 1.807) is 6.20 Å². The van der Waals surface area contributed by atoms with E-state index in [4.69, 9.17) is 0 Å². The van der Waals surface area contributed by atoms with Gasteiger partial charge in [-0.1, -0.05) is 27.7 Å². The van der Waals surface area contributed by atoms with E-state index in [0.29, 0.717) is 18.1 Å². The minimum Gasteiger partial charge on any atom is -0.369 e. The summed E-state index contributed by atoms with van der Waals surface area (Å²) < 4.78 is 0. The van der Waals surface area contributed by atoms with Gasteiger partial charge >= 0.3 is 0 Å². The van der Waals surface area contributed by atoms with Gasteiger partial charge in [0.25, 0.3) is 5.91 Å². The molecule has 5 nitrogen and oxygen atoms in total. The van der Waals surface area contributed by atoms with Crippen LogP contribution in [0.4, 0.5) is 5.82 Å². The van der Waals surface area contributed by atoms with Gasteiger partial charge in [0.1, 0.15) is 11.5 Å². The molecule has 0 aliphatic carbocycles. The molecule has 0 spiro atoms. The highest BCUT2D eigenvalue weighted by atomic mass is 16.1. The second kappa shape index (κ2) is 6.33. The Balaban J connectivity index is 2.62. The Kier molecular flexibility index (Phi) is 5.07. The van der Waals surface area contributed by atoms with Crippen molar-refractivity contribution in [2.45, 2.75) is 34.1 Å². The number of anilines is 1. The highest BCUT2D eigenvalue weighted by molar-refractivity contribution is 5.92. The molecule has 18 heavy (non-hydrogen) atoms. The van der Waals surface area contributed by atoms with E-state index in [0.717, 1.165) is 13.0 Å². The van der Waals surface area contributed by atoms with Crippen LogP contribution in [0.2, 0.25) is 0 Å². The lowest BCUT2D eigenvalue weighted by atomic mass is 9.97. The summed E-state index contributed by atoms with van der Waals surface area (Å²) in [6.07, 6.45) is 4.10. The normalized spacial score (nSPS) is 11.1. The molecule has 0 aliphatic heterocycles. The third kappa shape index (κ3) is 5.12. The Morgan fingerprint density at radius 1 is 1.33 bits per heavy atom. The van der Waals surface area contributed by atoms with Crippen molar-refractivity contribution in [3.63, 3.8) is 0 Å². The molecule has 0 radical (unpaired) electrons. The van der Waals surface area contributed by atoms with Crippen molar-refractivity contribution in [3.05, 3.63) is 18.1 Å². The lowest BCUT2D eigenvalue weighted by molar-refractivity contribution is 0.0934. The summed E-state index contributed by atoms with van der Waals surface area (Å²) in [6, 6.07) is 0. The third-order valence-corrected chi connectivity index (χ3v) is 2.20. The molecular weight excluding hydrogens is 228 g/mol. The molecule has 0 atom stereocenters. The molecule has 0 aromatic carbocycles. The van der Waals surface area contributed by atoms with Gasteiger partial charge in [0.2, 0.25) is 0 Å². The number of nitrogens with one attached hydrogen (secondary N) is 2. The molecule has 0 fully saturated rings. The van der Waals surface area contributed by atoms with Crippen LogP contribution in [0.1, 0.15) is 44.6 Å². The Morgan fingerprint density at radius 2 is 2.06 bits per heavy atom. The lowest BCUT2D eigenvalue weighted by Crippen LogP contribution is -2.32. The number of carbonyl (C=O) groups excluding carboxylic acids is 1. The number of aromatic nitrogens is 2. The van der Waals surface area contributed by atoms with Crippen LogP contribution in [-0.4, -0.2) is 29.0 Å². The first-order chi connectivity index (χ1) is 8.42. The standard InChI is InChI=1S/C13H22N4O/c1-5-6-15-11-8-14-7-10(17-11)12(18)16-9-13(2,3)4/h7-8H,5-6,9H2,1-4H3,(H,15,17)(H,16,18). The Hall–Kier alpha value is -1.65. The topological polar surface area (TPSA) is 66.9 Å². The zero-order chi connectivity index (χ0) is 13.6. The van der Waals surface area contributed by atoms with Gasteiger partial charge in [-0.15, -0.1) is 0 Å². The fraction of sp³-hybridized carbons (Fsp3) is 0.615. The van der Waals surface area contributed by atoms with Crippen LogP contribution in [0.15, 0.2) is 12.4 Å². The molecule has 1 rings (SSSR count). The average Bonchev–Trinajstić information content (AvgIpc) is 2.33. The van der Waals surface area contributed by atoms with Gasteiger partial charge in [0.15, 0.2) is 0 Å². The fourth-order valence-corrected chi connectivity index (χ4v) is 1.25. The average molecular weight is 250 g/mol. The zero-order valence-electron chi connectivity index (χ0n) is 11.6. The Morgan fingerprint density at radius 3 is 2.67 bits per heavy atom. The van der Waals surface area contributed by atoms with Crippen molar-refractivity contribution in [2.75, 3.05) is 18.4 Å². The molecule has 1 heterocycles. The van der Waals surface area contributed by atoms with Crippen LogP contribution < -0.4 is 10.6 Å². The van der Waals surface area contributed by atoms with E-state index >= 15 is 0 Å². The van der Waals surface area contributed by atoms with Crippen molar-refractivity contribution >= 4 is 11.7 Å². The van der Waals surface area contributed by atoms with Gasteiger partial charge in [0, 0.05) is 13.1 Å². The molecule has 0 unspecified atom stereocenters. The molecule has 1 aromatic heterocycles. The predicted molar refractivity (Wildman–Crippen MR) is 72.6 cm³/mol. The number of hydrogen-bond donors (Lipinski definition) is 2. The maximum atomic E-state index is 11.9. The molecule has 1 aromatic rings. The summed E-state index contributed by atoms with van der Waals surface area (Å²) >= 11 is 0. The number of rotatable bonds is 5. The van der Waals surface area contributed by atoms with Crippen molar-refractivity contribution in [2.24, 2.45) is 5.41 Å². The summed E-state index contributed by atoms with van der Waals surface area (Å²) in [5.41, 5.74) is 0.404. The van der Waals surface area contributed by atoms with E-state index in [1.165, 1.54) is 6.20 Å². The van der Waals surface area contributed by atoms with Gasteiger partial charge in [-0.05, 0) is 11.8 Å². The molecule has 0 bridgehead atoms. The number of carbonyl (C=O) groups is 1. The number of nitrogens with zero attached hydrogens (tertiary/aromatic N) is 2. The summed E-state index contributed by atoms with van der Waals surface area (Å²) in [4.78, 5) is 20.1. The van der Waals surface area contributed by atoms with E-state index in [-0.39, 0.29) is 11.3 Å². The Labute approximate surface area is 108 Å². The number of hydrogen-bond acceptors (Lipinski definition) is 4. The SMILES string of the molecule is CCCNc1cncc(C(=O)NCC(C)(C)C)n1. The van der Waals surface area contributed by atoms with Gasteiger partial charge in [-0.25, -0.2) is 4.98 Å². The third-order valence-electron chi connectivity index (χ3n) is 2.20. The first kappa shape index (κ1) is 14.4. The van der Waals surface area contributed by atoms with Crippen LogP contribution in [0.5, 0.6) is 0 Å². The smallest absolute Gasteiger partial charge is 0.271 e. The number of amides is 1. The minimum atomic E-state index is -0.183. The van der Waals surface area contributed by atoms with E-state index < -0.39 is 0 Å². The molecule has 1 amide bonds. The van der Waals surface area contributed by atoms with Gasteiger partial charge < -0.3 is 10.6 Å². The van der Waals surface area contributed by atoms with Crippen molar-refractivity contribution in [1.29, 1.82) is 0 Å². The highest BCUT2D eigenvalue weighted by Gasteiger charge is 2.14. The van der Waals surface area contributed by atoms with Crippen LogP contribution in [0.25, 0.3) is 0 Å². The first-order valence-corrected chi connectivity index (χ1v) is 6.26. The largest absolute Gasteiger partial charge is 0.369 e. The first-order valence-electron chi connectivity index (χ1n) is 6.26. The van der Waals surface area contributed by atoms with Crippen molar-refractivity contribution in [3.8, 4) is 0 Å². The fourth-order valence-electron chi connectivity index (χ4n) is 1.25. The highest BCUT2D eigenvalue weighted by Crippen LogP contribution is 2.10. The van der Waals surface area contributed by atoms with Gasteiger partial charge in [-0.2, -0.15) is 0 Å². The van der Waals surface area contributed by atoms with Gasteiger partial charge in [0.05, 0.1) is 12.4 Å². The molecular formula is C13H22N4O. The molecule has 0 saturated heterocycles. The van der Waals surface area contributed by atoms with Crippen LogP contribution in [0, 0.1) is 5.41 Å². The summed E-state index contributed by atoms with van der Waals surface area (Å²) in [6.45, 7) is 9.71. The minimum absolute atomic E-state index is 0.0567. The van der Waals surface area contributed by atoms with Gasteiger partial charge in [-0.3, -0.25) is 9.78 Å². The molecule has 100 valence electrons. The quantitative estimate of drug-likeness (QED) is 0.839.